The van der Waals surface area contributed by atoms with E-state index < -0.39 is 0 Å². The van der Waals surface area contributed by atoms with E-state index in [1.54, 1.807) is 11.3 Å². The van der Waals surface area contributed by atoms with E-state index >= 15 is 0 Å². The lowest BCUT2D eigenvalue weighted by atomic mass is 9.60. The predicted molar refractivity (Wildman–Crippen MR) is 87.7 cm³/mol. The fourth-order valence-electron chi connectivity index (χ4n) is 4.42. The molecule has 0 aromatic carbocycles. The highest BCUT2D eigenvalue weighted by atomic mass is 32.1. The number of aromatic nitrogens is 1. The molecule has 3 nitrogen and oxygen atoms in total. The molecule has 0 aliphatic heterocycles. The van der Waals surface area contributed by atoms with Gasteiger partial charge in [0, 0.05) is 30.0 Å². The summed E-state index contributed by atoms with van der Waals surface area (Å²) in [6.45, 7) is 6.15. The first-order valence-electron chi connectivity index (χ1n) is 8.44. The summed E-state index contributed by atoms with van der Waals surface area (Å²) in [6.07, 6.45) is 8.21. The van der Waals surface area contributed by atoms with Crippen LogP contribution >= 0.6 is 11.3 Å². The SMILES string of the molecule is CCOC1CC(N(C)Cc2csc(CC)n2)C12CCCC2. The minimum absolute atomic E-state index is 0.439. The van der Waals surface area contributed by atoms with Crippen molar-refractivity contribution >= 4 is 11.3 Å². The molecule has 0 saturated heterocycles. The molecule has 118 valence electrons. The van der Waals surface area contributed by atoms with Gasteiger partial charge in [-0.2, -0.15) is 0 Å². The molecule has 2 aliphatic carbocycles. The Kier molecular flexibility index (Phi) is 4.67. The molecule has 0 bridgehead atoms. The normalized spacial score (nSPS) is 27.4. The van der Waals surface area contributed by atoms with Crippen molar-refractivity contribution in [3.05, 3.63) is 16.1 Å². The van der Waals surface area contributed by atoms with Gasteiger partial charge in [0.15, 0.2) is 0 Å². The van der Waals surface area contributed by atoms with E-state index in [0.29, 0.717) is 17.6 Å². The quantitative estimate of drug-likeness (QED) is 0.797. The number of hydrogen-bond acceptors (Lipinski definition) is 4. The highest BCUT2D eigenvalue weighted by Crippen LogP contribution is 2.56. The second-order valence-corrected chi connectivity index (χ2v) is 7.58. The molecule has 2 fully saturated rings. The topological polar surface area (TPSA) is 25.4 Å². The van der Waals surface area contributed by atoms with Crippen LogP contribution in [0.4, 0.5) is 0 Å². The van der Waals surface area contributed by atoms with Crippen molar-refractivity contribution in [2.24, 2.45) is 5.41 Å². The lowest BCUT2D eigenvalue weighted by Crippen LogP contribution is -2.62. The number of rotatable bonds is 6. The van der Waals surface area contributed by atoms with Gasteiger partial charge in [0.05, 0.1) is 16.8 Å². The number of ether oxygens (including phenoxy) is 1. The molecule has 1 aromatic heterocycles. The Morgan fingerprint density at radius 2 is 2.14 bits per heavy atom. The third-order valence-corrected chi connectivity index (χ3v) is 6.53. The third kappa shape index (κ3) is 2.78. The Morgan fingerprint density at radius 1 is 1.38 bits per heavy atom. The molecule has 1 spiro atoms. The molecule has 2 saturated carbocycles. The van der Waals surface area contributed by atoms with Crippen LogP contribution in [0.1, 0.15) is 56.7 Å². The zero-order valence-electron chi connectivity index (χ0n) is 13.6. The van der Waals surface area contributed by atoms with E-state index in [1.165, 1.54) is 42.8 Å². The lowest BCUT2D eigenvalue weighted by Gasteiger charge is -2.57. The lowest BCUT2D eigenvalue weighted by molar-refractivity contribution is -0.162. The summed E-state index contributed by atoms with van der Waals surface area (Å²) in [7, 11) is 2.28. The van der Waals surface area contributed by atoms with Gasteiger partial charge in [-0.25, -0.2) is 4.98 Å². The van der Waals surface area contributed by atoms with E-state index in [0.717, 1.165) is 19.6 Å². The van der Waals surface area contributed by atoms with E-state index in [-0.39, 0.29) is 0 Å². The fraction of sp³-hybridized carbons (Fsp3) is 0.824. The van der Waals surface area contributed by atoms with Crippen LogP contribution in [0, 0.1) is 5.41 Å². The molecule has 1 heterocycles. The smallest absolute Gasteiger partial charge is 0.0926 e. The van der Waals surface area contributed by atoms with Gasteiger partial charge in [0.25, 0.3) is 0 Å². The summed E-state index contributed by atoms with van der Waals surface area (Å²) in [5, 5.41) is 3.49. The minimum Gasteiger partial charge on any atom is -0.378 e. The monoisotopic (exact) mass is 308 g/mol. The largest absolute Gasteiger partial charge is 0.378 e. The Balaban J connectivity index is 1.65. The molecule has 2 unspecified atom stereocenters. The van der Waals surface area contributed by atoms with Crippen molar-refractivity contribution in [1.82, 2.24) is 9.88 Å². The number of nitrogens with zero attached hydrogens (tertiary/aromatic N) is 2. The number of thiazole rings is 1. The second kappa shape index (κ2) is 6.35. The van der Waals surface area contributed by atoms with Gasteiger partial charge in [-0.15, -0.1) is 11.3 Å². The van der Waals surface area contributed by atoms with E-state index in [4.69, 9.17) is 9.72 Å². The summed E-state index contributed by atoms with van der Waals surface area (Å²) in [6, 6.07) is 0.684. The molecular weight excluding hydrogens is 280 g/mol. The van der Waals surface area contributed by atoms with Crippen LogP contribution in [0.25, 0.3) is 0 Å². The molecule has 4 heteroatoms. The molecule has 0 radical (unpaired) electrons. The summed E-state index contributed by atoms with van der Waals surface area (Å²) in [5.41, 5.74) is 1.68. The molecule has 0 amide bonds. The van der Waals surface area contributed by atoms with Gasteiger partial charge in [-0.3, -0.25) is 4.90 Å². The third-order valence-electron chi connectivity index (χ3n) is 5.49. The predicted octanol–water partition coefficient (Wildman–Crippen LogP) is 3.88. The highest BCUT2D eigenvalue weighted by Gasteiger charge is 2.57. The Hall–Kier alpha value is -0.450. The summed E-state index contributed by atoms with van der Waals surface area (Å²) < 4.78 is 6.03. The first-order chi connectivity index (χ1) is 10.2. The molecule has 21 heavy (non-hydrogen) atoms. The molecule has 2 atom stereocenters. The molecule has 2 aliphatic rings. The van der Waals surface area contributed by atoms with Gasteiger partial charge in [0.2, 0.25) is 0 Å². The average molecular weight is 308 g/mol. The van der Waals surface area contributed by atoms with E-state index in [9.17, 15) is 0 Å². The Bertz CT molecular complexity index is 467. The van der Waals surface area contributed by atoms with Gasteiger partial charge in [-0.1, -0.05) is 19.8 Å². The van der Waals surface area contributed by atoms with Crippen LogP contribution < -0.4 is 0 Å². The summed E-state index contributed by atoms with van der Waals surface area (Å²) in [4.78, 5) is 7.26. The highest BCUT2D eigenvalue weighted by molar-refractivity contribution is 7.09. The molecule has 1 aromatic rings. The van der Waals surface area contributed by atoms with E-state index in [2.05, 4.69) is 31.2 Å². The van der Waals surface area contributed by atoms with Crippen molar-refractivity contribution in [3.63, 3.8) is 0 Å². The van der Waals surface area contributed by atoms with Crippen LogP contribution in [-0.4, -0.2) is 35.7 Å². The Labute approximate surface area is 132 Å². The van der Waals surface area contributed by atoms with Crippen LogP contribution in [0.3, 0.4) is 0 Å². The maximum absolute atomic E-state index is 6.03. The van der Waals surface area contributed by atoms with E-state index in [1.807, 2.05) is 0 Å². The van der Waals surface area contributed by atoms with Crippen molar-refractivity contribution in [2.75, 3.05) is 13.7 Å². The molecular formula is C17H28N2OS. The summed E-state index contributed by atoms with van der Waals surface area (Å²) >= 11 is 1.80. The van der Waals surface area contributed by atoms with Crippen molar-refractivity contribution in [1.29, 1.82) is 0 Å². The average Bonchev–Trinajstić information content (AvgIpc) is 3.12. The van der Waals surface area contributed by atoms with Crippen LogP contribution in [0.5, 0.6) is 0 Å². The van der Waals surface area contributed by atoms with Gasteiger partial charge in [0.1, 0.15) is 0 Å². The molecule has 0 N–H and O–H groups in total. The van der Waals surface area contributed by atoms with Crippen molar-refractivity contribution < 1.29 is 4.74 Å². The molecule has 3 rings (SSSR count). The Morgan fingerprint density at radius 3 is 2.76 bits per heavy atom. The zero-order chi connectivity index (χ0) is 14.9. The zero-order valence-corrected chi connectivity index (χ0v) is 14.4. The van der Waals surface area contributed by atoms with Gasteiger partial charge >= 0.3 is 0 Å². The fourth-order valence-corrected chi connectivity index (χ4v) is 5.15. The second-order valence-electron chi connectivity index (χ2n) is 6.64. The number of aryl methyl sites for hydroxylation is 1. The first kappa shape index (κ1) is 15.4. The maximum Gasteiger partial charge on any atom is 0.0926 e. The minimum atomic E-state index is 0.439. The van der Waals surface area contributed by atoms with Crippen LogP contribution in [0.2, 0.25) is 0 Å². The van der Waals surface area contributed by atoms with Gasteiger partial charge in [-0.05, 0) is 39.7 Å². The van der Waals surface area contributed by atoms with Crippen LogP contribution in [0.15, 0.2) is 5.38 Å². The standard InChI is InChI=1S/C17H28N2OS/c1-4-16-18-13(12-21-16)11-19(3)14-10-15(20-5-2)17(14)8-6-7-9-17/h12,14-15H,4-11H2,1-3H3. The van der Waals surface area contributed by atoms with Crippen molar-refractivity contribution in [3.8, 4) is 0 Å². The van der Waals surface area contributed by atoms with Crippen molar-refractivity contribution in [2.45, 2.75) is 71.1 Å². The summed E-state index contributed by atoms with van der Waals surface area (Å²) in [5.74, 6) is 0. The van der Waals surface area contributed by atoms with Crippen LogP contribution in [-0.2, 0) is 17.7 Å². The number of hydrogen-bond donors (Lipinski definition) is 0. The van der Waals surface area contributed by atoms with Gasteiger partial charge < -0.3 is 4.74 Å². The maximum atomic E-state index is 6.03. The first-order valence-corrected chi connectivity index (χ1v) is 9.32.